The summed E-state index contributed by atoms with van der Waals surface area (Å²) in [4.78, 5) is 0. The van der Waals surface area contributed by atoms with E-state index in [0.717, 1.165) is 35.7 Å². The second-order valence-electron chi connectivity index (χ2n) is 6.67. The van der Waals surface area contributed by atoms with Crippen molar-refractivity contribution in [2.24, 2.45) is 0 Å². The second kappa shape index (κ2) is 8.23. The molecule has 27 heavy (non-hydrogen) atoms. The lowest BCUT2D eigenvalue weighted by Crippen LogP contribution is -2.20. The lowest BCUT2D eigenvalue weighted by molar-refractivity contribution is 0.483. The largest absolute Gasteiger partial charge is 0.457 e. The maximum absolute atomic E-state index is 5.82. The molecule has 0 spiro atoms. The molecule has 2 N–H and O–H groups in total. The summed E-state index contributed by atoms with van der Waals surface area (Å²) in [6.07, 6.45) is 4.80. The van der Waals surface area contributed by atoms with Gasteiger partial charge in [0.05, 0.1) is 0 Å². The van der Waals surface area contributed by atoms with Crippen LogP contribution in [0.1, 0.15) is 24.0 Å². The van der Waals surface area contributed by atoms with Crippen molar-refractivity contribution < 1.29 is 4.74 Å². The Morgan fingerprint density at radius 3 is 2.30 bits per heavy atom. The van der Waals surface area contributed by atoms with E-state index < -0.39 is 0 Å². The monoisotopic (exact) mass is 374 g/mol. The molecule has 0 saturated heterocycles. The molecule has 0 radical (unpaired) electrons. The Labute approximate surface area is 165 Å². The van der Waals surface area contributed by atoms with Crippen molar-refractivity contribution in [1.82, 2.24) is 0 Å². The van der Waals surface area contributed by atoms with Gasteiger partial charge in [-0.15, -0.1) is 0 Å². The van der Waals surface area contributed by atoms with Crippen LogP contribution in [0.25, 0.3) is 0 Å². The number of rotatable bonds is 4. The highest BCUT2D eigenvalue weighted by Crippen LogP contribution is 2.28. The zero-order valence-electron chi connectivity index (χ0n) is 15.1. The Kier molecular flexibility index (Phi) is 5.35. The molecule has 0 fully saturated rings. The number of benzene rings is 3. The molecular weight excluding hydrogens is 352 g/mol. The SMILES string of the molecule is S=C(Nc1ccc(Oc2ccccc2)cc1)Nc1cccc2c1CCCC2. The highest BCUT2D eigenvalue weighted by molar-refractivity contribution is 7.80. The van der Waals surface area contributed by atoms with Crippen LogP contribution in [0.3, 0.4) is 0 Å². The van der Waals surface area contributed by atoms with Crippen molar-refractivity contribution in [1.29, 1.82) is 0 Å². The predicted molar refractivity (Wildman–Crippen MR) is 116 cm³/mol. The lowest BCUT2D eigenvalue weighted by Gasteiger charge is -2.20. The number of thiocarbonyl (C=S) groups is 1. The molecule has 0 aromatic heterocycles. The topological polar surface area (TPSA) is 33.3 Å². The van der Waals surface area contributed by atoms with Gasteiger partial charge in [-0.2, -0.15) is 0 Å². The standard InChI is InChI=1S/C23H22N2OS/c27-23(25-22-12-6-8-17-7-4-5-11-21(17)22)24-18-13-15-20(16-14-18)26-19-9-2-1-3-10-19/h1-3,6,8-10,12-16H,4-5,7,11H2,(H2,24,25,27). The molecule has 3 aromatic carbocycles. The summed E-state index contributed by atoms with van der Waals surface area (Å²) in [5, 5.41) is 7.22. The summed E-state index contributed by atoms with van der Waals surface area (Å²) in [5.41, 5.74) is 4.89. The van der Waals surface area contributed by atoms with Gasteiger partial charge in [0.2, 0.25) is 0 Å². The molecule has 3 nitrogen and oxygen atoms in total. The molecule has 0 aliphatic heterocycles. The number of anilines is 2. The molecule has 1 aliphatic carbocycles. The van der Waals surface area contributed by atoms with Crippen molar-refractivity contribution in [3.63, 3.8) is 0 Å². The van der Waals surface area contributed by atoms with E-state index in [1.807, 2.05) is 54.6 Å². The summed E-state index contributed by atoms with van der Waals surface area (Å²) in [6.45, 7) is 0. The van der Waals surface area contributed by atoms with Gasteiger partial charge in [0.15, 0.2) is 5.11 Å². The number of aryl methyl sites for hydroxylation is 1. The Hall–Kier alpha value is -2.85. The summed E-state index contributed by atoms with van der Waals surface area (Å²) in [6, 6.07) is 24.0. The highest BCUT2D eigenvalue weighted by Gasteiger charge is 2.13. The van der Waals surface area contributed by atoms with E-state index in [4.69, 9.17) is 17.0 Å². The minimum absolute atomic E-state index is 0.603. The fourth-order valence-electron chi connectivity index (χ4n) is 3.41. The molecule has 0 bridgehead atoms. The van der Waals surface area contributed by atoms with E-state index in [1.54, 1.807) is 0 Å². The quantitative estimate of drug-likeness (QED) is 0.535. The van der Waals surface area contributed by atoms with Crippen LogP contribution < -0.4 is 15.4 Å². The van der Waals surface area contributed by atoms with E-state index in [2.05, 4.69) is 28.8 Å². The van der Waals surface area contributed by atoms with Crippen LogP contribution in [0.15, 0.2) is 72.8 Å². The lowest BCUT2D eigenvalue weighted by atomic mass is 9.90. The summed E-state index contributed by atoms with van der Waals surface area (Å²) in [5.74, 6) is 1.62. The zero-order valence-corrected chi connectivity index (χ0v) is 15.9. The third-order valence-electron chi connectivity index (χ3n) is 4.74. The molecule has 3 aromatic rings. The Bertz CT molecular complexity index is 923. The molecular formula is C23H22N2OS. The van der Waals surface area contributed by atoms with Crippen molar-refractivity contribution in [3.05, 3.63) is 83.9 Å². The van der Waals surface area contributed by atoms with Gasteiger partial charge >= 0.3 is 0 Å². The van der Waals surface area contributed by atoms with Crippen LogP contribution in [0.4, 0.5) is 11.4 Å². The molecule has 136 valence electrons. The van der Waals surface area contributed by atoms with E-state index in [-0.39, 0.29) is 0 Å². The van der Waals surface area contributed by atoms with E-state index >= 15 is 0 Å². The maximum atomic E-state index is 5.82. The highest BCUT2D eigenvalue weighted by atomic mass is 32.1. The van der Waals surface area contributed by atoms with Gasteiger partial charge in [-0.05, 0) is 91.5 Å². The minimum Gasteiger partial charge on any atom is -0.457 e. The molecule has 0 amide bonds. The number of nitrogens with one attached hydrogen (secondary N) is 2. The summed E-state index contributed by atoms with van der Waals surface area (Å²) >= 11 is 5.51. The average Bonchev–Trinajstić information content (AvgIpc) is 2.71. The first-order chi connectivity index (χ1) is 13.3. The first-order valence-corrected chi connectivity index (χ1v) is 9.70. The van der Waals surface area contributed by atoms with Crippen LogP contribution in [0, 0.1) is 0 Å². The third kappa shape index (κ3) is 4.47. The number of fused-ring (bicyclic) bond motifs is 1. The maximum Gasteiger partial charge on any atom is 0.175 e. The fraction of sp³-hybridized carbons (Fsp3) is 0.174. The normalized spacial score (nSPS) is 12.7. The molecule has 1 aliphatic rings. The van der Waals surface area contributed by atoms with Crippen molar-refractivity contribution in [2.45, 2.75) is 25.7 Å². The van der Waals surface area contributed by atoms with Gasteiger partial charge in [0.25, 0.3) is 0 Å². The van der Waals surface area contributed by atoms with Gasteiger partial charge in [-0.1, -0.05) is 30.3 Å². The van der Waals surface area contributed by atoms with Crippen LogP contribution in [0.5, 0.6) is 11.5 Å². The van der Waals surface area contributed by atoms with Crippen LogP contribution in [-0.4, -0.2) is 5.11 Å². The first kappa shape index (κ1) is 17.6. The van der Waals surface area contributed by atoms with E-state index in [0.29, 0.717) is 5.11 Å². The van der Waals surface area contributed by atoms with Gasteiger partial charge < -0.3 is 15.4 Å². The van der Waals surface area contributed by atoms with Gasteiger partial charge in [0, 0.05) is 11.4 Å². The minimum atomic E-state index is 0.603. The second-order valence-corrected chi connectivity index (χ2v) is 7.08. The van der Waals surface area contributed by atoms with E-state index in [9.17, 15) is 0 Å². The van der Waals surface area contributed by atoms with Crippen LogP contribution in [0.2, 0.25) is 0 Å². The van der Waals surface area contributed by atoms with Gasteiger partial charge in [-0.3, -0.25) is 0 Å². The third-order valence-corrected chi connectivity index (χ3v) is 4.94. The van der Waals surface area contributed by atoms with E-state index in [1.165, 1.54) is 24.0 Å². The summed E-state index contributed by atoms with van der Waals surface area (Å²) < 4.78 is 5.82. The zero-order chi connectivity index (χ0) is 18.5. The fourth-order valence-corrected chi connectivity index (χ4v) is 3.64. The molecule has 4 rings (SSSR count). The van der Waals surface area contributed by atoms with Gasteiger partial charge in [-0.25, -0.2) is 0 Å². The predicted octanol–water partition coefficient (Wildman–Crippen LogP) is 6.17. The molecule has 0 atom stereocenters. The van der Waals surface area contributed by atoms with Crippen LogP contribution in [-0.2, 0) is 12.8 Å². The van der Waals surface area contributed by atoms with Crippen molar-refractivity contribution in [3.8, 4) is 11.5 Å². The molecule has 0 saturated carbocycles. The molecule has 0 unspecified atom stereocenters. The van der Waals surface area contributed by atoms with Crippen LogP contribution >= 0.6 is 12.2 Å². The Morgan fingerprint density at radius 1 is 0.741 bits per heavy atom. The van der Waals surface area contributed by atoms with Crippen molar-refractivity contribution in [2.75, 3.05) is 10.6 Å². The Balaban J connectivity index is 1.39. The molecule has 4 heteroatoms. The Morgan fingerprint density at radius 2 is 1.48 bits per heavy atom. The summed E-state index contributed by atoms with van der Waals surface area (Å²) in [7, 11) is 0. The van der Waals surface area contributed by atoms with Gasteiger partial charge in [0.1, 0.15) is 11.5 Å². The number of para-hydroxylation sites is 1. The number of hydrogen-bond donors (Lipinski definition) is 2. The van der Waals surface area contributed by atoms with Crippen molar-refractivity contribution >= 4 is 28.7 Å². The average molecular weight is 375 g/mol. The first-order valence-electron chi connectivity index (χ1n) is 9.30. The number of ether oxygens (including phenoxy) is 1. The molecule has 0 heterocycles. The number of hydrogen-bond acceptors (Lipinski definition) is 2. The smallest absolute Gasteiger partial charge is 0.175 e.